The minimum Gasteiger partial charge on any atom is -0.490 e. The Labute approximate surface area is 129 Å². The average molecular weight is 290 g/mol. The van der Waals surface area contributed by atoms with E-state index in [0.29, 0.717) is 19.0 Å². The fourth-order valence-electron chi connectivity index (χ4n) is 1.75. The van der Waals surface area contributed by atoms with Gasteiger partial charge in [-0.15, -0.1) is 0 Å². The van der Waals surface area contributed by atoms with E-state index in [2.05, 4.69) is 0 Å². The van der Waals surface area contributed by atoms with Gasteiger partial charge in [-0.1, -0.05) is 30.3 Å². The molecular formula is C18H14N2O2. The van der Waals surface area contributed by atoms with Gasteiger partial charge in [0, 0.05) is 0 Å². The Morgan fingerprint density at radius 2 is 1.36 bits per heavy atom. The summed E-state index contributed by atoms with van der Waals surface area (Å²) in [7, 11) is 0. The summed E-state index contributed by atoms with van der Waals surface area (Å²) < 4.78 is 11.1. The Balaban J connectivity index is 1.81. The van der Waals surface area contributed by atoms with Crippen molar-refractivity contribution in [2.24, 2.45) is 0 Å². The fourth-order valence-corrected chi connectivity index (χ4v) is 1.75. The maximum atomic E-state index is 8.70. The largest absolute Gasteiger partial charge is 0.490 e. The first-order valence-corrected chi connectivity index (χ1v) is 6.74. The lowest BCUT2D eigenvalue weighted by Gasteiger charge is -2.08. The molecular weight excluding hydrogens is 276 g/mol. The van der Waals surface area contributed by atoms with E-state index in [1.165, 1.54) is 6.08 Å². The summed E-state index contributed by atoms with van der Waals surface area (Å²) in [4.78, 5) is 0. The molecule has 0 aliphatic rings. The zero-order chi connectivity index (χ0) is 15.6. The molecule has 0 heterocycles. The molecule has 22 heavy (non-hydrogen) atoms. The highest BCUT2D eigenvalue weighted by Gasteiger charge is 1.97. The first-order chi connectivity index (χ1) is 10.8. The molecule has 2 aromatic carbocycles. The van der Waals surface area contributed by atoms with Crippen molar-refractivity contribution in [2.45, 2.75) is 0 Å². The molecule has 2 aromatic rings. The van der Waals surface area contributed by atoms with Gasteiger partial charge >= 0.3 is 0 Å². The Bertz CT molecular complexity index is 691. The zero-order valence-corrected chi connectivity index (χ0v) is 11.9. The van der Waals surface area contributed by atoms with Crippen LogP contribution in [-0.4, -0.2) is 13.2 Å². The minimum atomic E-state index is 0.0740. The quantitative estimate of drug-likeness (QED) is 0.602. The predicted molar refractivity (Wildman–Crippen MR) is 83.1 cm³/mol. The highest BCUT2D eigenvalue weighted by atomic mass is 16.5. The molecule has 0 unspecified atom stereocenters. The molecule has 0 saturated carbocycles. The lowest BCUT2D eigenvalue weighted by Crippen LogP contribution is -2.08. The van der Waals surface area contributed by atoms with Gasteiger partial charge in [0.05, 0.1) is 0 Å². The van der Waals surface area contributed by atoms with Crippen LogP contribution in [0, 0.1) is 22.7 Å². The number of para-hydroxylation sites is 1. The molecule has 0 fully saturated rings. The van der Waals surface area contributed by atoms with Gasteiger partial charge in [0.2, 0.25) is 0 Å². The van der Waals surface area contributed by atoms with Crippen LogP contribution in [0.2, 0.25) is 0 Å². The van der Waals surface area contributed by atoms with Crippen LogP contribution in [0.25, 0.3) is 6.08 Å². The van der Waals surface area contributed by atoms with Gasteiger partial charge in [0.1, 0.15) is 42.4 Å². The normalized spacial score (nSPS) is 9.18. The van der Waals surface area contributed by atoms with E-state index in [4.69, 9.17) is 20.0 Å². The van der Waals surface area contributed by atoms with E-state index in [-0.39, 0.29) is 5.57 Å². The molecule has 0 saturated heterocycles. The third-order valence-electron chi connectivity index (χ3n) is 2.80. The summed E-state index contributed by atoms with van der Waals surface area (Å²) in [6.07, 6.45) is 1.53. The smallest absolute Gasteiger partial charge is 0.130 e. The lowest BCUT2D eigenvalue weighted by atomic mass is 10.1. The summed E-state index contributed by atoms with van der Waals surface area (Å²) >= 11 is 0. The zero-order valence-electron chi connectivity index (χ0n) is 11.9. The Morgan fingerprint density at radius 1 is 0.818 bits per heavy atom. The van der Waals surface area contributed by atoms with Gasteiger partial charge in [-0.25, -0.2) is 0 Å². The number of benzene rings is 2. The second kappa shape index (κ2) is 8.14. The third kappa shape index (κ3) is 4.70. The number of nitrogens with zero attached hydrogens (tertiary/aromatic N) is 2. The fraction of sp³-hybridized carbons (Fsp3) is 0.111. The van der Waals surface area contributed by atoms with Gasteiger partial charge < -0.3 is 9.47 Å². The van der Waals surface area contributed by atoms with Crippen molar-refractivity contribution in [2.75, 3.05) is 13.2 Å². The summed E-state index contributed by atoms with van der Waals surface area (Å²) in [5.74, 6) is 1.52. The van der Waals surface area contributed by atoms with Crippen molar-refractivity contribution >= 4 is 6.08 Å². The molecule has 0 aliphatic heterocycles. The Morgan fingerprint density at radius 3 is 1.91 bits per heavy atom. The summed E-state index contributed by atoms with van der Waals surface area (Å²) in [6.45, 7) is 0.893. The van der Waals surface area contributed by atoms with Gasteiger partial charge in [0.15, 0.2) is 0 Å². The molecule has 2 rings (SSSR count). The van der Waals surface area contributed by atoms with Crippen LogP contribution in [0.15, 0.2) is 60.2 Å². The molecule has 4 nitrogen and oxygen atoms in total. The molecule has 0 radical (unpaired) electrons. The van der Waals surface area contributed by atoms with Crippen molar-refractivity contribution in [3.05, 3.63) is 65.7 Å². The van der Waals surface area contributed by atoms with Crippen molar-refractivity contribution in [3.8, 4) is 23.6 Å². The molecule has 0 aliphatic carbocycles. The monoisotopic (exact) mass is 290 g/mol. The highest BCUT2D eigenvalue weighted by Crippen LogP contribution is 2.14. The topological polar surface area (TPSA) is 66.0 Å². The number of hydrogen-bond donors (Lipinski definition) is 0. The minimum absolute atomic E-state index is 0.0740. The summed E-state index contributed by atoms with van der Waals surface area (Å²) in [5.41, 5.74) is 0.857. The van der Waals surface area contributed by atoms with Crippen molar-refractivity contribution in [1.29, 1.82) is 10.5 Å². The van der Waals surface area contributed by atoms with E-state index in [1.54, 1.807) is 24.3 Å². The summed E-state index contributed by atoms with van der Waals surface area (Å²) in [5, 5.41) is 17.4. The first-order valence-electron chi connectivity index (χ1n) is 6.74. The number of ether oxygens (including phenoxy) is 2. The van der Waals surface area contributed by atoms with Crippen molar-refractivity contribution < 1.29 is 9.47 Å². The van der Waals surface area contributed by atoms with E-state index in [9.17, 15) is 0 Å². The number of nitriles is 2. The number of allylic oxidation sites excluding steroid dienone is 1. The van der Waals surface area contributed by atoms with Gasteiger partial charge in [-0.2, -0.15) is 10.5 Å². The molecule has 0 N–H and O–H groups in total. The van der Waals surface area contributed by atoms with E-state index in [1.807, 2.05) is 42.5 Å². The van der Waals surface area contributed by atoms with Gasteiger partial charge in [-0.05, 0) is 35.9 Å². The Hall–Kier alpha value is -3.24. The molecule has 0 bridgehead atoms. The Kier molecular flexibility index (Phi) is 5.61. The number of hydrogen-bond acceptors (Lipinski definition) is 4. The van der Waals surface area contributed by atoms with E-state index < -0.39 is 0 Å². The number of rotatable bonds is 6. The van der Waals surface area contributed by atoms with Gasteiger partial charge in [-0.3, -0.25) is 0 Å². The second-order valence-electron chi connectivity index (χ2n) is 4.36. The predicted octanol–water partition coefficient (Wildman–Crippen LogP) is 3.57. The highest BCUT2D eigenvalue weighted by molar-refractivity contribution is 5.62. The van der Waals surface area contributed by atoms with Crippen LogP contribution in [0.1, 0.15) is 5.56 Å². The third-order valence-corrected chi connectivity index (χ3v) is 2.80. The average Bonchev–Trinajstić information content (AvgIpc) is 2.58. The van der Waals surface area contributed by atoms with Crippen LogP contribution < -0.4 is 9.47 Å². The first kappa shape index (κ1) is 15.2. The maximum absolute atomic E-state index is 8.70. The maximum Gasteiger partial charge on any atom is 0.130 e. The van der Waals surface area contributed by atoms with E-state index in [0.717, 1.165) is 11.3 Å². The molecule has 0 aromatic heterocycles. The molecule has 0 atom stereocenters. The van der Waals surface area contributed by atoms with Crippen LogP contribution in [0.4, 0.5) is 0 Å². The van der Waals surface area contributed by atoms with Crippen LogP contribution in [0.5, 0.6) is 11.5 Å². The van der Waals surface area contributed by atoms with Crippen LogP contribution in [-0.2, 0) is 0 Å². The van der Waals surface area contributed by atoms with Gasteiger partial charge in [0.25, 0.3) is 0 Å². The lowest BCUT2D eigenvalue weighted by molar-refractivity contribution is 0.217. The van der Waals surface area contributed by atoms with Crippen molar-refractivity contribution in [1.82, 2.24) is 0 Å². The molecule has 0 amide bonds. The summed E-state index contributed by atoms with van der Waals surface area (Å²) in [6, 6.07) is 20.4. The van der Waals surface area contributed by atoms with Crippen LogP contribution >= 0.6 is 0 Å². The second-order valence-corrected chi connectivity index (χ2v) is 4.36. The SMILES string of the molecule is N#CC(C#N)=Cc1ccc(OCCOc2ccccc2)cc1. The molecule has 4 heteroatoms. The standard InChI is InChI=1S/C18H14N2O2/c19-13-16(14-20)12-15-6-8-18(9-7-15)22-11-10-21-17-4-2-1-3-5-17/h1-9,12H,10-11H2. The van der Waals surface area contributed by atoms with E-state index >= 15 is 0 Å². The van der Waals surface area contributed by atoms with Crippen LogP contribution in [0.3, 0.4) is 0 Å². The molecule has 108 valence electrons. The molecule has 0 spiro atoms. The van der Waals surface area contributed by atoms with Crippen molar-refractivity contribution in [3.63, 3.8) is 0 Å².